The topological polar surface area (TPSA) is 197 Å². The van der Waals surface area contributed by atoms with Gasteiger partial charge in [-0.15, -0.1) is 0 Å². The predicted octanol–water partition coefficient (Wildman–Crippen LogP) is -0.349. The van der Waals surface area contributed by atoms with E-state index in [1.54, 1.807) is 30.3 Å². The fourth-order valence-corrected chi connectivity index (χ4v) is 3.62. The van der Waals surface area contributed by atoms with Crippen molar-refractivity contribution in [2.75, 3.05) is 6.54 Å². The van der Waals surface area contributed by atoms with Gasteiger partial charge in [0.2, 0.25) is 17.7 Å². The fourth-order valence-electron chi connectivity index (χ4n) is 3.62. The summed E-state index contributed by atoms with van der Waals surface area (Å²) in [6.45, 7) is 5.54. The molecule has 11 nitrogen and oxygen atoms in total. The second-order valence-corrected chi connectivity index (χ2v) is 9.40. The quantitative estimate of drug-likeness (QED) is 0.147. The van der Waals surface area contributed by atoms with E-state index < -0.39 is 54.0 Å². The molecule has 11 heteroatoms. The first kappa shape index (κ1) is 31.0. The normalized spacial score (nSPS) is 15.3. The number of aliphatic hydroxyl groups is 1. The van der Waals surface area contributed by atoms with Gasteiger partial charge in [0.05, 0.1) is 12.1 Å². The molecular weight excluding hydrogens is 466 g/mol. The maximum atomic E-state index is 13.1. The van der Waals surface area contributed by atoms with Crippen LogP contribution in [0.15, 0.2) is 30.3 Å². The number of aliphatic carboxylic acids is 1. The zero-order valence-corrected chi connectivity index (χ0v) is 21.3. The van der Waals surface area contributed by atoms with E-state index in [9.17, 15) is 29.4 Å². The Morgan fingerprint density at radius 2 is 1.50 bits per heavy atom. The maximum Gasteiger partial charge on any atom is 0.326 e. The van der Waals surface area contributed by atoms with Gasteiger partial charge >= 0.3 is 5.97 Å². The summed E-state index contributed by atoms with van der Waals surface area (Å²) in [7, 11) is 0. The Morgan fingerprint density at radius 1 is 0.889 bits per heavy atom. The molecule has 1 aromatic carbocycles. The average Bonchev–Trinajstić information content (AvgIpc) is 2.81. The number of carboxylic acids is 1. The first-order valence-electron chi connectivity index (χ1n) is 12.3. The molecule has 3 amide bonds. The summed E-state index contributed by atoms with van der Waals surface area (Å²) >= 11 is 0. The Hall–Kier alpha value is -3.02. The Morgan fingerprint density at radius 3 is 2.03 bits per heavy atom. The van der Waals surface area contributed by atoms with Crippen molar-refractivity contribution in [3.05, 3.63) is 35.9 Å². The van der Waals surface area contributed by atoms with Crippen molar-refractivity contribution in [3.8, 4) is 0 Å². The first-order valence-corrected chi connectivity index (χ1v) is 12.3. The molecule has 0 aromatic heterocycles. The minimum Gasteiger partial charge on any atom is -0.480 e. The van der Waals surface area contributed by atoms with Crippen LogP contribution in [-0.4, -0.2) is 70.7 Å². The third-order valence-corrected chi connectivity index (χ3v) is 5.60. The van der Waals surface area contributed by atoms with Crippen LogP contribution in [0.1, 0.15) is 52.0 Å². The molecule has 0 aliphatic heterocycles. The second-order valence-electron chi connectivity index (χ2n) is 9.40. The van der Waals surface area contributed by atoms with Gasteiger partial charge < -0.3 is 37.6 Å². The predicted molar refractivity (Wildman–Crippen MR) is 136 cm³/mol. The molecule has 0 bridgehead atoms. The molecular formula is C25H41N5O6. The van der Waals surface area contributed by atoms with E-state index in [1.165, 1.54) is 6.92 Å². The van der Waals surface area contributed by atoms with Crippen molar-refractivity contribution in [1.82, 2.24) is 16.0 Å². The van der Waals surface area contributed by atoms with Gasteiger partial charge in [-0.1, -0.05) is 44.2 Å². The molecule has 0 aliphatic carbocycles. The SMILES string of the molecule is CC(C)CC(N)C(=O)NC(C(=O)NC(Cc1ccccc1)C(=O)NC(CCCCN)C(=O)O)C(C)O. The van der Waals surface area contributed by atoms with Crippen LogP contribution in [0.2, 0.25) is 0 Å². The van der Waals surface area contributed by atoms with Gasteiger partial charge in [0.1, 0.15) is 18.1 Å². The molecule has 9 N–H and O–H groups in total. The van der Waals surface area contributed by atoms with E-state index in [0.29, 0.717) is 25.8 Å². The largest absolute Gasteiger partial charge is 0.480 e. The van der Waals surface area contributed by atoms with Crippen LogP contribution in [0, 0.1) is 5.92 Å². The third-order valence-electron chi connectivity index (χ3n) is 5.60. The molecule has 1 rings (SSSR count). The molecule has 1 aromatic rings. The molecule has 202 valence electrons. The van der Waals surface area contributed by atoms with E-state index in [1.807, 2.05) is 13.8 Å². The summed E-state index contributed by atoms with van der Waals surface area (Å²) in [5.41, 5.74) is 12.1. The Kier molecular flexibility index (Phi) is 13.7. The van der Waals surface area contributed by atoms with Gasteiger partial charge in [0, 0.05) is 6.42 Å². The van der Waals surface area contributed by atoms with Crippen molar-refractivity contribution in [2.45, 2.75) is 83.1 Å². The highest BCUT2D eigenvalue weighted by Gasteiger charge is 2.32. The zero-order valence-electron chi connectivity index (χ0n) is 21.3. The van der Waals surface area contributed by atoms with Crippen molar-refractivity contribution >= 4 is 23.7 Å². The summed E-state index contributed by atoms with van der Waals surface area (Å²) in [5.74, 6) is -3.13. The molecule has 0 saturated heterocycles. The molecule has 0 saturated carbocycles. The number of amides is 3. The number of hydrogen-bond donors (Lipinski definition) is 7. The van der Waals surface area contributed by atoms with Gasteiger partial charge in [0.15, 0.2) is 0 Å². The second kappa shape index (κ2) is 15.9. The molecule has 5 unspecified atom stereocenters. The van der Waals surface area contributed by atoms with Crippen LogP contribution in [0.5, 0.6) is 0 Å². The Labute approximate surface area is 212 Å². The average molecular weight is 508 g/mol. The molecule has 0 heterocycles. The maximum absolute atomic E-state index is 13.1. The summed E-state index contributed by atoms with van der Waals surface area (Å²) in [5, 5.41) is 27.2. The van der Waals surface area contributed by atoms with E-state index in [2.05, 4.69) is 16.0 Å². The smallest absolute Gasteiger partial charge is 0.326 e. The lowest BCUT2D eigenvalue weighted by Gasteiger charge is -2.27. The van der Waals surface area contributed by atoms with Crippen molar-refractivity contribution in [1.29, 1.82) is 0 Å². The van der Waals surface area contributed by atoms with Crippen LogP contribution in [0.25, 0.3) is 0 Å². The highest BCUT2D eigenvalue weighted by atomic mass is 16.4. The lowest BCUT2D eigenvalue weighted by atomic mass is 10.0. The van der Waals surface area contributed by atoms with Gasteiger partial charge in [-0.25, -0.2) is 4.79 Å². The van der Waals surface area contributed by atoms with Gasteiger partial charge in [0.25, 0.3) is 0 Å². The minimum absolute atomic E-state index is 0.0703. The van der Waals surface area contributed by atoms with Crippen molar-refractivity contribution in [2.24, 2.45) is 17.4 Å². The van der Waals surface area contributed by atoms with E-state index in [4.69, 9.17) is 11.5 Å². The standard InChI is InChI=1S/C25H41N5O6/c1-15(2)13-18(27)22(32)30-21(16(3)31)24(34)29-20(14-17-9-5-4-6-10-17)23(33)28-19(25(35)36)11-7-8-12-26/h4-6,9-10,15-16,18-21,31H,7-8,11-14,26-27H2,1-3H3,(H,28,33)(H,29,34)(H,30,32)(H,35,36). The number of unbranched alkanes of at least 4 members (excludes halogenated alkanes) is 1. The lowest BCUT2D eigenvalue weighted by Crippen LogP contribution is -2.60. The van der Waals surface area contributed by atoms with Crippen LogP contribution in [0.4, 0.5) is 0 Å². The van der Waals surface area contributed by atoms with Crippen LogP contribution in [-0.2, 0) is 25.6 Å². The number of aliphatic hydroxyl groups excluding tert-OH is 1. The highest BCUT2D eigenvalue weighted by molar-refractivity contribution is 5.94. The van der Waals surface area contributed by atoms with Crippen LogP contribution in [0.3, 0.4) is 0 Å². The Balaban J connectivity index is 3.05. The minimum atomic E-state index is -1.36. The number of carboxylic acid groups (broad SMARTS) is 1. The fraction of sp³-hybridized carbons (Fsp3) is 0.600. The van der Waals surface area contributed by atoms with E-state index >= 15 is 0 Å². The zero-order chi connectivity index (χ0) is 27.3. The molecule has 0 fully saturated rings. The van der Waals surface area contributed by atoms with Crippen LogP contribution < -0.4 is 27.4 Å². The number of nitrogens with two attached hydrogens (primary N) is 2. The molecule has 0 spiro atoms. The number of carbonyl (C=O) groups is 4. The van der Waals surface area contributed by atoms with Crippen LogP contribution >= 0.6 is 0 Å². The first-order chi connectivity index (χ1) is 17.0. The molecule has 0 aliphatic rings. The third kappa shape index (κ3) is 11.1. The molecule has 0 radical (unpaired) electrons. The molecule has 36 heavy (non-hydrogen) atoms. The lowest BCUT2D eigenvalue weighted by molar-refractivity contribution is -0.142. The van der Waals surface area contributed by atoms with Gasteiger partial charge in [-0.2, -0.15) is 0 Å². The summed E-state index contributed by atoms with van der Waals surface area (Å²) in [6, 6.07) is 4.34. The van der Waals surface area contributed by atoms with E-state index in [0.717, 1.165) is 5.56 Å². The Bertz CT molecular complexity index is 849. The molecule has 5 atom stereocenters. The highest BCUT2D eigenvalue weighted by Crippen LogP contribution is 2.08. The monoisotopic (exact) mass is 507 g/mol. The van der Waals surface area contributed by atoms with Gasteiger partial charge in [-0.05, 0) is 50.6 Å². The number of nitrogens with one attached hydrogen (secondary N) is 3. The summed E-state index contributed by atoms with van der Waals surface area (Å²) in [6.07, 6.45) is 0.489. The number of benzene rings is 1. The number of hydrogen-bond acceptors (Lipinski definition) is 7. The summed E-state index contributed by atoms with van der Waals surface area (Å²) < 4.78 is 0. The number of rotatable bonds is 16. The van der Waals surface area contributed by atoms with Crippen molar-refractivity contribution < 1.29 is 29.4 Å². The van der Waals surface area contributed by atoms with Gasteiger partial charge in [-0.3, -0.25) is 14.4 Å². The summed E-state index contributed by atoms with van der Waals surface area (Å²) in [4.78, 5) is 50.3. The number of carbonyl (C=O) groups excluding carboxylic acids is 3. The van der Waals surface area contributed by atoms with E-state index in [-0.39, 0.29) is 18.8 Å². The van der Waals surface area contributed by atoms with Crippen molar-refractivity contribution in [3.63, 3.8) is 0 Å².